The molecule has 1 unspecified atom stereocenters. The van der Waals surface area contributed by atoms with E-state index in [2.05, 4.69) is 5.32 Å². The molecular weight excluding hydrogens is 294 g/mol. The van der Waals surface area contributed by atoms with Crippen LogP contribution < -0.4 is 5.32 Å². The fraction of sp³-hybridized carbons (Fsp3) is 0.444. The van der Waals surface area contributed by atoms with Crippen molar-refractivity contribution in [2.45, 2.75) is 37.6 Å². The van der Waals surface area contributed by atoms with Gasteiger partial charge in [-0.2, -0.15) is 0 Å². The van der Waals surface area contributed by atoms with Crippen LogP contribution in [0.2, 0.25) is 0 Å². The molecular formula is C18H23NO4. The molecule has 1 heterocycles. The molecule has 124 valence electrons. The summed E-state index contributed by atoms with van der Waals surface area (Å²) in [4.78, 5) is 24.3. The molecule has 0 bridgehead atoms. The van der Waals surface area contributed by atoms with E-state index >= 15 is 0 Å². The van der Waals surface area contributed by atoms with Crippen LogP contribution in [-0.2, 0) is 19.7 Å². The fourth-order valence-electron chi connectivity index (χ4n) is 2.91. The van der Waals surface area contributed by atoms with Gasteiger partial charge >= 0.3 is 5.97 Å². The Bertz CT molecular complexity index is 562. The number of amides is 1. The smallest absolute Gasteiger partial charge is 0.326 e. The van der Waals surface area contributed by atoms with Gasteiger partial charge in [0.25, 0.3) is 0 Å². The molecule has 1 aromatic rings. The Morgan fingerprint density at radius 3 is 2.52 bits per heavy atom. The third kappa shape index (κ3) is 3.99. The molecule has 0 aliphatic carbocycles. The summed E-state index contributed by atoms with van der Waals surface area (Å²) in [6.45, 7) is 2.81. The first-order valence-electron chi connectivity index (χ1n) is 7.88. The second-order valence-electron chi connectivity index (χ2n) is 5.73. The third-order valence-corrected chi connectivity index (χ3v) is 4.32. The van der Waals surface area contributed by atoms with Gasteiger partial charge in [0, 0.05) is 13.2 Å². The minimum absolute atomic E-state index is 0.232. The third-order valence-electron chi connectivity index (χ3n) is 4.32. The molecule has 23 heavy (non-hydrogen) atoms. The van der Waals surface area contributed by atoms with Gasteiger partial charge in [-0.3, -0.25) is 4.79 Å². The maximum absolute atomic E-state index is 12.9. The molecule has 1 fully saturated rings. The van der Waals surface area contributed by atoms with Gasteiger partial charge in [-0.25, -0.2) is 4.79 Å². The molecule has 1 aromatic carbocycles. The summed E-state index contributed by atoms with van der Waals surface area (Å²) in [7, 11) is 0. The number of carboxylic acid groups (broad SMARTS) is 1. The Balaban J connectivity index is 2.25. The highest BCUT2D eigenvalue weighted by Crippen LogP contribution is 2.35. The number of aliphatic carboxylic acids is 1. The molecule has 1 aliphatic heterocycles. The topological polar surface area (TPSA) is 75.6 Å². The number of hydrogen-bond acceptors (Lipinski definition) is 3. The average Bonchev–Trinajstić information content (AvgIpc) is 2.59. The van der Waals surface area contributed by atoms with E-state index in [4.69, 9.17) is 4.74 Å². The summed E-state index contributed by atoms with van der Waals surface area (Å²) in [6, 6.07) is 8.63. The first-order chi connectivity index (χ1) is 11.1. The van der Waals surface area contributed by atoms with Crippen LogP contribution in [0.25, 0.3) is 0 Å². The maximum atomic E-state index is 12.9. The van der Waals surface area contributed by atoms with E-state index in [1.165, 1.54) is 0 Å². The van der Waals surface area contributed by atoms with Crippen molar-refractivity contribution in [3.63, 3.8) is 0 Å². The number of nitrogens with one attached hydrogen (secondary N) is 1. The number of carbonyl (C=O) groups is 2. The quantitative estimate of drug-likeness (QED) is 0.789. The van der Waals surface area contributed by atoms with E-state index in [1.807, 2.05) is 37.3 Å². The molecule has 1 atom stereocenters. The first kappa shape index (κ1) is 17.2. The Morgan fingerprint density at radius 1 is 1.30 bits per heavy atom. The number of rotatable bonds is 6. The molecule has 0 radical (unpaired) electrons. The van der Waals surface area contributed by atoms with Crippen molar-refractivity contribution in [1.82, 2.24) is 5.32 Å². The SMILES string of the molecule is C/C=C/CC(NC(=O)C1(c2ccccc2)CCOCC1)C(=O)O. The van der Waals surface area contributed by atoms with E-state index < -0.39 is 17.4 Å². The maximum Gasteiger partial charge on any atom is 0.326 e. The van der Waals surface area contributed by atoms with E-state index in [9.17, 15) is 14.7 Å². The highest BCUT2D eigenvalue weighted by molar-refractivity contribution is 5.91. The zero-order valence-corrected chi connectivity index (χ0v) is 13.3. The summed E-state index contributed by atoms with van der Waals surface area (Å²) >= 11 is 0. The van der Waals surface area contributed by atoms with Crippen molar-refractivity contribution in [2.24, 2.45) is 0 Å². The second-order valence-corrected chi connectivity index (χ2v) is 5.73. The van der Waals surface area contributed by atoms with Crippen LogP contribution in [0, 0.1) is 0 Å². The van der Waals surface area contributed by atoms with Crippen LogP contribution in [0.15, 0.2) is 42.5 Å². The van der Waals surface area contributed by atoms with Crippen LogP contribution >= 0.6 is 0 Å². The first-order valence-corrected chi connectivity index (χ1v) is 7.88. The Morgan fingerprint density at radius 2 is 1.96 bits per heavy atom. The highest BCUT2D eigenvalue weighted by atomic mass is 16.5. The number of benzene rings is 1. The molecule has 1 amide bonds. The van der Waals surface area contributed by atoms with Gasteiger partial charge in [-0.05, 0) is 31.7 Å². The zero-order valence-electron chi connectivity index (χ0n) is 13.3. The summed E-state index contributed by atoms with van der Waals surface area (Å²) in [5.41, 5.74) is 0.194. The Labute approximate surface area is 136 Å². The largest absolute Gasteiger partial charge is 0.480 e. The number of ether oxygens (including phenoxy) is 1. The lowest BCUT2D eigenvalue weighted by molar-refractivity contribution is -0.143. The van der Waals surface area contributed by atoms with Crippen LogP contribution in [0.5, 0.6) is 0 Å². The molecule has 0 saturated carbocycles. The molecule has 2 rings (SSSR count). The minimum atomic E-state index is -1.02. The summed E-state index contributed by atoms with van der Waals surface area (Å²) < 4.78 is 5.41. The van der Waals surface area contributed by atoms with Crippen molar-refractivity contribution in [3.8, 4) is 0 Å². The van der Waals surface area contributed by atoms with E-state index in [1.54, 1.807) is 12.2 Å². The van der Waals surface area contributed by atoms with Gasteiger partial charge in [0.2, 0.25) is 5.91 Å². The lowest BCUT2D eigenvalue weighted by Gasteiger charge is -2.37. The molecule has 1 saturated heterocycles. The van der Waals surface area contributed by atoms with Gasteiger partial charge < -0.3 is 15.2 Å². The van der Waals surface area contributed by atoms with Crippen molar-refractivity contribution in [2.75, 3.05) is 13.2 Å². The molecule has 0 spiro atoms. The predicted octanol–water partition coefficient (Wildman–Crippen LogP) is 2.27. The molecule has 2 N–H and O–H groups in total. The van der Waals surface area contributed by atoms with E-state index in [0.717, 1.165) is 5.56 Å². The van der Waals surface area contributed by atoms with Gasteiger partial charge in [0.05, 0.1) is 5.41 Å². The van der Waals surface area contributed by atoms with Crippen LogP contribution in [0.4, 0.5) is 0 Å². The van der Waals surface area contributed by atoms with Crippen molar-refractivity contribution < 1.29 is 19.4 Å². The van der Waals surface area contributed by atoms with Crippen LogP contribution in [-0.4, -0.2) is 36.2 Å². The monoisotopic (exact) mass is 317 g/mol. The summed E-state index contributed by atoms with van der Waals surface area (Å²) in [5, 5.41) is 12.0. The zero-order chi connectivity index (χ0) is 16.7. The summed E-state index contributed by atoms with van der Waals surface area (Å²) in [6.07, 6.45) is 4.91. The Kier molecular flexibility index (Phi) is 5.93. The summed E-state index contributed by atoms with van der Waals surface area (Å²) in [5.74, 6) is -1.25. The normalized spacial score (nSPS) is 18.5. The molecule has 1 aliphatic rings. The number of carboxylic acids is 1. The molecule has 5 nitrogen and oxygen atoms in total. The van der Waals surface area contributed by atoms with Crippen LogP contribution in [0.1, 0.15) is 31.7 Å². The lowest BCUT2D eigenvalue weighted by atomic mass is 9.73. The standard InChI is InChI=1S/C18H23NO4/c1-2-3-9-15(16(20)21)19-17(22)18(10-12-23-13-11-18)14-7-5-4-6-8-14/h2-8,15H,9-13H2,1H3,(H,19,22)(H,20,21)/b3-2+. The van der Waals surface area contributed by atoms with Crippen molar-refractivity contribution in [1.29, 1.82) is 0 Å². The number of carbonyl (C=O) groups excluding carboxylic acids is 1. The number of allylic oxidation sites excluding steroid dienone is 1. The van der Waals surface area contributed by atoms with Gasteiger partial charge in [-0.15, -0.1) is 0 Å². The van der Waals surface area contributed by atoms with Gasteiger partial charge in [-0.1, -0.05) is 42.5 Å². The van der Waals surface area contributed by atoms with Gasteiger partial charge in [0.15, 0.2) is 0 Å². The van der Waals surface area contributed by atoms with Crippen molar-refractivity contribution in [3.05, 3.63) is 48.0 Å². The molecule has 0 aromatic heterocycles. The van der Waals surface area contributed by atoms with Crippen molar-refractivity contribution >= 4 is 11.9 Å². The Hall–Kier alpha value is -2.14. The lowest BCUT2D eigenvalue weighted by Crippen LogP contribution is -2.52. The second kappa shape index (κ2) is 7.92. The minimum Gasteiger partial charge on any atom is -0.480 e. The van der Waals surface area contributed by atoms with Crippen LogP contribution in [0.3, 0.4) is 0 Å². The van der Waals surface area contributed by atoms with E-state index in [-0.39, 0.29) is 12.3 Å². The number of hydrogen-bond donors (Lipinski definition) is 2. The average molecular weight is 317 g/mol. The highest BCUT2D eigenvalue weighted by Gasteiger charge is 2.42. The molecule has 5 heteroatoms. The fourth-order valence-corrected chi connectivity index (χ4v) is 2.91. The predicted molar refractivity (Wildman–Crippen MR) is 87.2 cm³/mol. The van der Waals surface area contributed by atoms with Gasteiger partial charge in [0.1, 0.15) is 6.04 Å². The van der Waals surface area contributed by atoms with E-state index in [0.29, 0.717) is 26.1 Å².